The highest BCUT2D eigenvalue weighted by molar-refractivity contribution is 5.73. The van der Waals surface area contributed by atoms with Crippen LogP contribution in [0.3, 0.4) is 0 Å². The Labute approximate surface area is 63.0 Å². The first-order valence-electron chi connectivity index (χ1n) is 3.62. The minimum absolute atomic E-state index is 0.000602. The van der Waals surface area contributed by atoms with Gasteiger partial charge in [-0.2, -0.15) is 0 Å². The summed E-state index contributed by atoms with van der Waals surface area (Å²) in [6.45, 7) is 9.52. The fraction of sp³-hybridized carbons (Fsp3) is 0.750. The van der Waals surface area contributed by atoms with Crippen molar-refractivity contribution in [1.29, 1.82) is 0 Å². The molecule has 0 aliphatic heterocycles. The first-order chi connectivity index (χ1) is 4.52. The Balaban J connectivity index is 3.43. The molecule has 1 unspecified atom stereocenters. The summed E-state index contributed by atoms with van der Waals surface area (Å²) in [5, 5.41) is 2.72. The maximum Gasteiger partial charge on any atom is 0.217 e. The zero-order valence-electron chi connectivity index (χ0n) is 6.98. The van der Waals surface area contributed by atoms with Gasteiger partial charge >= 0.3 is 0 Å². The van der Waals surface area contributed by atoms with E-state index in [0.29, 0.717) is 5.92 Å². The molecule has 0 bridgehead atoms. The predicted molar refractivity (Wildman–Crippen MR) is 42.4 cm³/mol. The number of nitrogens with one attached hydrogen (secondary N) is 1. The number of amides is 1. The van der Waals surface area contributed by atoms with Crippen molar-refractivity contribution in [3.8, 4) is 0 Å². The molecule has 1 N–H and O–H groups in total. The smallest absolute Gasteiger partial charge is 0.217 e. The van der Waals surface area contributed by atoms with E-state index in [-0.39, 0.29) is 11.9 Å². The van der Waals surface area contributed by atoms with Crippen molar-refractivity contribution >= 4 is 5.91 Å². The van der Waals surface area contributed by atoms with Crippen molar-refractivity contribution in [2.75, 3.05) is 0 Å². The molecule has 1 atom stereocenters. The van der Waals surface area contributed by atoms with Gasteiger partial charge in [-0.1, -0.05) is 13.8 Å². The zero-order chi connectivity index (χ0) is 8.15. The van der Waals surface area contributed by atoms with E-state index in [1.807, 2.05) is 0 Å². The van der Waals surface area contributed by atoms with E-state index in [4.69, 9.17) is 0 Å². The van der Waals surface area contributed by atoms with Crippen LogP contribution >= 0.6 is 0 Å². The van der Waals surface area contributed by atoms with Gasteiger partial charge < -0.3 is 5.32 Å². The Morgan fingerprint density at radius 1 is 1.60 bits per heavy atom. The lowest BCUT2D eigenvalue weighted by atomic mass is 10.1. The Kier molecular flexibility index (Phi) is 4.08. The lowest BCUT2D eigenvalue weighted by molar-refractivity contribution is -0.119. The minimum atomic E-state index is 0.000602. The van der Waals surface area contributed by atoms with Gasteiger partial charge in [-0.05, 0) is 19.3 Å². The largest absolute Gasteiger partial charge is 0.354 e. The second-order valence-corrected chi connectivity index (χ2v) is 3.03. The van der Waals surface area contributed by atoms with Crippen LogP contribution in [-0.2, 0) is 4.79 Å². The van der Waals surface area contributed by atoms with Crippen molar-refractivity contribution in [2.24, 2.45) is 5.92 Å². The molecule has 0 aromatic rings. The molecule has 0 saturated heterocycles. The van der Waals surface area contributed by atoms with Crippen molar-refractivity contribution < 1.29 is 4.79 Å². The lowest BCUT2D eigenvalue weighted by Crippen LogP contribution is -2.31. The molecule has 0 aromatic heterocycles. The molecule has 59 valence electrons. The molecule has 10 heavy (non-hydrogen) atoms. The van der Waals surface area contributed by atoms with E-state index < -0.39 is 0 Å². The van der Waals surface area contributed by atoms with Crippen molar-refractivity contribution in [3.63, 3.8) is 0 Å². The van der Waals surface area contributed by atoms with Gasteiger partial charge in [0.25, 0.3) is 0 Å². The summed E-state index contributed by atoms with van der Waals surface area (Å²) in [6.07, 6.45) is 0.944. The third kappa shape index (κ3) is 5.60. The molecule has 2 heteroatoms. The maximum atomic E-state index is 10.5. The van der Waals surface area contributed by atoms with Gasteiger partial charge in [0, 0.05) is 13.0 Å². The van der Waals surface area contributed by atoms with Crippen LogP contribution in [0.15, 0.2) is 0 Å². The number of rotatable bonds is 3. The first-order valence-corrected chi connectivity index (χ1v) is 3.62. The molecule has 0 fully saturated rings. The van der Waals surface area contributed by atoms with Crippen LogP contribution in [0.25, 0.3) is 0 Å². The van der Waals surface area contributed by atoms with Gasteiger partial charge in [-0.15, -0.1) is 0 Å². The van der Waals surface area contributed by atoms with Crippen LogP contribution in [0.4, 0.5) is 0 Å². The molecule has 0 saturated carbocycles. The third-order valence-electron chi connectivity index (χ3n) is 1.16. The molecule has 0 rings (SSSR count). The van der Waals surface area contributed by atoms with Crippen molar-refractivity contribution in [1.82, 2.24) is 5.32 Å². The monoisotopic (exact) mass is 142 g/mol. The van der Waals surface area contributed by atoms with Crippen LogP contribution in [-0.4, -0.2) is 11.9 Å². The van der Waals surface area contributed by atoms with Crippen molar-refractivity contribution in [3.05, 3.63) is 6.92 Å². The molecule has 2 nitrogen and oxygen atoms in total. The number of hydrogen-bond donors (Lipinski definition) is 1. The fourth-order valence-corrected chi connectivity index (χ4v) is 0.915. The van der Waals surface area contributed by atoms with Gasteiger partial charge in [0.1, 0.15) is 0 Å². The molecule has 1 amide bonds. The highest BCUT2D eigenvalue weighted by Gasteiger charge is 2.04. The van der Waals surface area contributed by atoms with Crippen LogP contribution in [0.2, 0.25) is 0 Å². The number of hydrogen-bond acceptors (Lipinski definition) is 1. The summed E-state index contributed by atoms with van der Waals surface area (Å²) in [5.74, 6) is 0.593. The van der Waals surface area contributed by atoms with Crippen LogP contribution < -0.4 is 5.32 Å². The number of carbonyl (C=O) groups excluding carboxylic acids is 1. The van der Waals surface area contributed by atoms with Gasteiger partial charge in [-0.3, -0.25) is 4.79 Å². The van der Waals surface area contributed by atoms with Gasteiger partial charge in [0.2, 0.25) is 5.91 Å². The highest BCUT2D eigenvalue weighted by Crippen LogP contribution is 2.02. The number of carbonyl (C=O) groups is 1. The van der Waals surface area contributed by atoms with Crippen molar-refractivity contribution in [2.45, 2.75) is 33.2 Å². The lowest BCUT2D eigenvalue weighted by Gasteiger charge is -2.13. The molecule has 0 aromatic carbocycles. The van der Waals surface area contributed by atoms with E-state index in [1.54, 1.807) is 0 Å². The minimum Gasteiger partial charge on any atom is -0.354 e. The normalized spacial score (nSPS) is 13.3. The fourth-order valence-electron chi connectivity index (χ4n) is 0.915. The van der Waals surface area contributed by atoms with E-state index >= 15 is 0 Å². The highest BCUT2D eigenvalue weighted by atomic mass is 16.1. The summed E-state index contributed by atoms with van der Waals surface area (Å²) in [5.41, 5.74) is 0. The van der Waals surface area contributed by atoms with Crippen LogP contribution in [0.5, 0.6) is 0 Å². The summed E-state index contributed by atoms with van der Waals surface area (Å²) in [4.78, 5) is 10.5. The van der Waals surface area contributed by atoms with E-state index in [2.05, 4.69) is 26.1 Å². The van der Waals surface area contributed by atoms with Crippen LogP contribution in [0, 0.1) is 12.8 Å². The molecule has 1 radical (unpaired) electrons. The van der Waals surface area contributed by atoms with Gasteiger partial charge in [-0.25, -0.2) is 0 Å². The van der Waals surface area contributed by atoms with E-state index in [1.165, 1.54) is 6.92 Å². The standard InChI is InChI=1S/C8H16NO/c1-6(2)5-7(3)9-8(4)10/h6-7H,3,5H2,1-2,4H3,(H,9,10). The molecular formula is C8H16NO. The quantitative estimate of drug-likeness (QED) is 0.633. The molecule has 0 heterocycles. The summed E-state index contributed by atoms with van der Waals surface area (Å²) in [7, 11) is 0. The Morgan fingerprint density at radius 3 is 2.40 bits per heavy atom. The molecular weight excluding hydrogens is 126 g/mol. The Morgan fingerprint density at radius 2 is 2.10 bits per heavy atom. The molecule has 0 aliphatic rings. The molecule has 0 aliphatic carbocycles. The zero-order valence-corrected chi connectivity index (χ0v) is 6.98. The average molecular weight is 142 g/mol. The van der Waals surface area contributed by atoms with Crippen LogP contribution in [0.1, 0.15) is 27.2 Å². The maximum absolute atomic E-state index is 10.5. The predicted octanol–water partition coefficient (Wildman–Crippen LogP) is 1.37. The summed E-state index contributed by atoms with van der Waals surface area (Å²) in [6, 6.07) is 0.0671. The van der Waals surface area contributed by atoms with E-state index in [9.17, 15) is 4.79 Å². The summed E-state index contributed by atoms with van der Waals surface area (Å²) < 4.78 is 0. The van der Waals surface area contributed by atoms with Gasteiger partial charge in [0.05, 0.1) is 0 Å². The first kappa shape index (κ1) is 9.47. The second kappa shape index (κ2) is 4.31. The summed E-state index contributed by atoms with van der Waals surface area (Å²) >= 11 is 0. The Hall–Kier alpha value is -0.530. The Bertz CT molecular complexity index is 110. The van der Waals surface area contributed by atoms with E-state index in [0.717, 1.165) is 6.42 Å². The average Bonchev–Trinajstić information content (AvgIpc) is 1.58. The topological polar surface area (TPSA) is 29.1 Å². The molecule has 0 spiro atoms. The van der Waals surface area contributed by atoms with Gasteiger partial charge in [0.15, 0.2) is 0 Å². The third-order valence-corrected chi connectivity index (χ3v) is 1.16. The second-order valence-electron chi connectivity index (χ2n) is 3.03. The SMILES string of the molecule is [CH2]C(CC(C)C)NC(C)=O.